The van der Waals surface area contributed by atoms with Crippen molar-refractivity contribution in [3.8, 4) is 0 Å². The lowest BCUT2D eigenvalue weighted by molar-refractivity contribution is -0.133. The summed E-state index contributed by atoms with van der Waals surface area (Å²) in [6, 6.07) is 18.8. The Morgan fingerprint density at radius 2 is 1.63 bits per heavy atom. The number of hydrogen-bond donors (Lipinski definition) is 2. The van der Waals surface area contributed by atoms with Crippen LogP contribution in [0.5, 0.6) is 0 Å². The second-order valence-corrected chi connectivity index (χ2v) is 8.41. The molecule has 1 aliphatic rings. The van der Waals surface area contributed by atoms with E-state index in [9.17, 15) is 13.2 Å². The summed E-state index contributed by atoms with van der Waals surface area (Å²) in [6.07, 6.45) is 0.204. The molecule has 1 aliphatic heterocycles. The summed E-state index contributed by atoms with van der Waals surface area (Å²) >= 11 is 0. The molecule has 27 heavy (non-hydrogen) atoms. The van der Waals surface area contributed by atoms with Gasteiger partial charge in [-0.15, -0.1) is 0 Å². The Bertz CT molecular complexity index is 1130. The largest absolute Gasteiger partial charge is 0.289 e. The molecular weight excluding hydrogens is 364 g/mol. The van der Waals surface area contributed by atoms with E-state index in [-0.39, 0.29) is 17.9 Å². The van der Waals surface area contributed by atoms with Crippen molar-refractivity contribution in [2.45, 2.75) is 23.9 Å². The van der Waals surface area contributed by atoms with Crippen LogP contribution in [0.3, 0.4) is 0 Å². The molecule has 1 amide bonds. The number of carbonyl (C=O) groups excluding carboxylic acids is 1. The zero-order chi connectivity index (χ0) is 19.0. The average Bonchev–Trinajstić information content (AvgIpc) is 2.71. The van der Waals surface area contributed by atoms with Gasteiger partial charge in [-0.3, -0.25) is 10.0 Å². The highest BCUT2D eigenvalue weighted by Crippen LogP contribution is 2.30. The van der Waals surface area contributed by atoms with Crippen LogP contribution in [0.15, 0.2) is 71.6 Å². The van der Waals surface area contributed by atoms with Gasteiger partial charge in [-0.2, -0.15) is 4.31 Å². The molecule has 7 heteroatoms. The van der Waals surface area contributed by atoms with Gasteiger partial charge in [-0.1, -0.05) is 54.6 Å². The Morgan fingerprint density at radius 1 is 0.963 bits per heavy atom. The second-order valence-electron chi connectivity index (χ2n) is 6.52. The van der Waals surface area contributed by atoms with Crippen LogP contribution in [0.1, 0.15) is 11.1 Å². The van der Waals surface area contributed by atoms with Crippen LogP contribution in [0.25, 0.3) is 10.8 Å². The minimum Gasteiger partial charge on any atom is -0.289 e. The normalized spacial score (nSPS) is 17.4. The Labute approximate surface area is 157 Å². The maximum absolute atomic E-state index is 13.3. The molecule has 0 spiro atoms. The lowest BCUT2D eigenvalue weighted by atomic mass is 9.95. The zero-order valence-electron chi connectivity index (χ0n) is 14.4. The molecule has 0 aromatic heterocycles. The van der Waals surface area contributed by atoms with Gasteiger partial charge in [0.25, 0.3) is 5.91 Å². The highest BCUT2D eigenvalue weighted by molar-refractivity contribution is 7.89. The van der Waals surface area contributed by atoms with Gasteiger partial charge in [0.2, 0.25) is 10.0 Å². The smallest absolute Gasteiger partial charge is 0.262 e. The third kappa shape index (κ3) is 3.10. The number of hydrogen-bond acceptors (Lipinski definition) is 4. The molecule has 2 N–H and O–H groups in total. The number of hydroxylamine groups is 1. The van der Waals surface area contributed by atoms with Crippen LogP contribution >= 0.6 is 0 Å². The summed E-state index contributed by atoms with van der Waals surface area (Å²) in [4.78, 5) is 12.3. The summed E-state index contributed by atoms with van der Waals surface area (Å²) in [7, 11) is -3.94. The van der Waals surface area contributed by atoms with Crippen molar-refractivity contribution >= 4 is 26.7 Å². The molecule has 0 radical (unpaired) electrons. The van der Waals surface area contributed by atoms with Gasteiger partial charge in [0.15, 0.2) is 0 Å². The fourth-order valence-corrected chi connectivity index (χ4v) is 5.11. The van der Waals surface area contributed by atoms with E-state index in [4.69, 9.17) is 5.21 Å². The highest BCUT2D eigenvalue weighted by atomic mass is 32.2. The predicted molar refractivity (Wildman–Crippen MR) is 101 cm³/mol. The van der Waals surface area contributed by atoms with E-state index >= 15 is 0 Å². The first-order chi connectivity index (χ1) is 13.0. The quantitative estimate of drug-likeness (QED) is 0.538. The van der Waals surface area contributed by atoms with E-state index in [2.05, 4.69) is 0 Å². The Balaban J connectivity index is 1.80. The number of amides is 1. The van der Waals surface area contributed by atoms with Gasteiger partial charge in [0.05, 0.1) is 4.90 Å². The van der Waals surface area contributed by atoms with Crippen molar-refractivity contribution in [2.24, 2.45) is 0 Å². The third-order valence-electron chi connectivity index (χ3n) is 4.95. The van der Waals surface area contributed by atoms with Gasteiger partial charge >= 0.3 is 0 Å². The molecule has 4 rings (SSSR count). The third-order valence-corrected chi connectivity index (χ3v) is 6.80. The van der Waals surface area contributed by atoms with E-state index < -0.39 is 22.0 Å². The molecular formula is C20H18N2O4S. The van der Waals surface area contributed by atoms with Gasteiger partial charge in [-0.05, 0) is 40.5 Å². The number of nitrogens with zero attached hydrogens (tertiary/aromatic N) is 1. The van der Waals surface area contributed by atoms with Crippen LogP contribution in [-0.2, 0) is 27.8 Å². The first kappa shape index (κ1) is 17.7. The topological polar surface area (TPSA) is 86.7 Å². The Kier molecular flexibility index (Phi) is 4.43. The number of nitrogens with one attached hydrogen (secondary N) is 1. The number of rotatable bonds is 3. The molecule has 138 valence electrons. The van der Waals surface area contributed by atoms with Gasteiger partial charge in [0.1, 0.15) is 6.04 Å². The van der Waals surface area contributed by atoms with Crippen molar-refractivity contribution in [3.63, 3.8) is 0 Å². The van der Waals surface area contributed by atoms with Gasteiger partial charge < -0.3 is 0 Å². The molecule has 0 fully saturated rings. The van der Waals surface area contributed by atoms with Gasteiger partial charge in [0, 0.05) is 6.54 Å². The number of carbonyl (C=O) groups is 1. The SMILES string of the molecule is O=C(NO)C1Cc2ccccc2CN1S(=O)(=O)c1ccc2ccccc2c1. The molecule has 3 aromatic rings. The Hall–Kier alpha value is -2.74. The van der Waals surface area contributed by atoms with E-state index in [0.29, 0.717) is 0 Å². The maximum atomic E-state index is 13.3. The Morgan fingerprint density at radius 3 is 2.37 bits per heavy atom. The predicted octanol–water partition coefficient (Wildman–Crippen LogP) is 2.46. The van der Waals surface area contributed by atoms with Crippen LogP contribution < -0.4 is 5.48 Å². The maximum Gasteiger partial charge on any atom is 0.262 e. The van der Waals surface area contributed by atoms with Crippen molar-refractivity contribution in [2.75, 3.05) is 0 Å². The first-order valence-electron chi connectivity index (χ1n) is 8.52. The van der Waals surface area contributed by atoms with Crippen molar-refractivity contribution in [3.05, 3.63) is 77.9 Å². The molecule has 1 heterocycles. The minimum atomic E-state index is -3.94. The number of sulfonamides is 1. The van der Waals surface area contributed by atoms with Crippen LogP contribution in [0.4, 0.5) is 0 Å². The molecule has 0 bridgehead atoms. The molecule has 0 saturated carbocycles. The van der Waals surface area contributed by atoms with E-state index in [1.165, 1.54) is 0 Å². The summed E-state index contributed by atoms with van der Waals surface area (Å²) in [5.74, 6) is -0.742. The average molecular weight is 382 g/mol. The number of benzene rings is 3. The fourth-order valence-electron chi connectivity index (χ4n) is 3.51. The minimum absolute atomic E-state index is 0.0728. The summed E-state index contributed by atoms with van der Waals surface area (Å²) in [5, 5.41) is 10.8. The molecule has 6 nitrogen and oxygen atoms in total. The lowest BCUT2D eigenvalue weighted by Crippen LogP contribution is -2.51. The fraction of sp³-hybridized carbons (Fsp3) is 0.150. The van der Waals surface area contributed by atoms with Crippen molar-refractivity contribution < 1.29 is 18.4 Å². The van der Waals surface area contributed by atoms with Crippen LogP contribution in [0, 0.1) is 0 Å². The van der Waals surface area contributed by atoms with E-state index in [1.807, 2.05) is 48.5 Å². The highest BCUT2D eigenvalue weighted by Gasteiger charge is 2.39. The van der Waals surface area contributed by atoms with Gasteiger partial charge in [-0.25, -0.2) is 13.9 Å². The lowest BCUT2D eigenvalue weighted by Gasteiger charge is -2.34. The number of fused-ring (bicyclic) bond motifs is 2. The van der Waals surface area contributed by atoms with E-state index in [0.717, 1.165) is 26.2 Å². The van der Waals surface area contributed by atoms with Crippen molar-refractivity contribution in [1.29, 1.82) is 0 Å². The standard InChI is InChI=1S/C20H18N2O4S/c23-20(21-24)19-12-16-7-3-4-8-17(16)13-22(19)27(25,26)18-10-9-14-5-1-2-6-15(14)11-18/h1-11,19,24H,12-13H2,(H,21,23). The van der Waals surface area contributed by atoms with Crippen molar-refractivity contribution in [1.82, 2.24) is 9.79 Å². The monoisotopic (exact) mass is 382 g/mol. The zero-order valence-corrected chi connectivity index (χ0v) is 15.2. The summed E-state index contributed by atoms with van der Waals surface area (Å²) < 4.78 is 27.8. The molecule has 1 unspecified atom stereocenters. The van der Waals surface area contributed by atoms with Crippen LogP contribution in [-0.4, -0.2) is 29.9 Å². The van der Waals surface area contributed by atoms with Crippen LogP contribution in [0.2, 0.25) is 0 Å². The molecule has 3 aromatic carbocycles. The second kappa shape index (κ2) is 6.77. The molecule has 0 aliphatic carbocycles. The molecule has 1 atom stereocenters. The summed E-state index contributed by atoms with van der Waals surface area (Å²) in [5.41, 5.74) is 3.35. The van der Waals surface area contributed by atoms with E-state index in [1.54, 1.807) is 23.7 Å². The summed E-state index contributed by atoms with van der Waals surface area (Å²) in [6.45, 7) is 0.0728. The first-order valence-corrected chi connectivity index (χ1v) is 9.96. The molecule has 0 saturated heterocycles.